The molecule has 1 saturated heterocycles. The van der Waals surface area contributed by atoms with E-state index in [0.29, 0.717) is 12.1 Å². The Labute approximate surface area is 103 Å². The molecule has 88 valence electrons. The maximum Gasteiger partial charge on any atom is 0.0414 e. The highest BCUT2D eigenvalue weighted by Crippen LogP contribution is 2.25. The lowest BCUT2D eigenvalue weighted by Gasteiger charge is -2.20. The summed E-state index contributed by atoms with van der Waals surface area (Å²) >= 11 is 2.07. The molecule has 1 aliphatic heterocycles. The van der Waals surface area contributed by atoms with Crippen LogP contribution in [0, 0.1) is 13.8 Å². The maximum absolute atomic E-state index is 3.73. The third-order valence-corrected chi connectivity index (χ3v) is 4.21. The van der Waals surface area contributed by atoms with Gasteiger partial charge in [0.05, 0.1) is 0 Å². The van der Waals surface area contributed by atoms with Gasteiger partial charge in [0.1, 0.15) is 0 Å². The average Bonchev–Trinajstić information content (AvgIpc) is 2.41. The van der Waals surface area contributed by atoms with Crippen LogP contribution in [0.2, 0.25) is 0 Å². The van der Waals surface area contributed by atoms with Crippen LogP contribution in [0.25, 0.3) is 0 Å². The summed E-state index contributed by atoms with van der Waals surface area (Å²) in [7, 11) is 0. The summed E-state index contributed by atoms with van der Waals surface area (Å²) in [5.74, 6) is 2.49. The molecule has 1 aliphatic rings. The van der Waals surface area contributed by atoms with E-state index in [1.54, 1.807) is 0 Å². The van der Waals surface area contributed by atoms with Crippen molar-refractivity contribution >= 4 is 11.8 Å². The molecule has 0 spiro atoms. The minimum absolute atomic E-state index is 0.529. The van der Waals surface area contributed by atoms with Crippen molar-refractivity contribution in [3.05, 3.63) is 34.9 Å². The second kappa shape index (κ2) is 5.24. The first-order valence-electron chi connectivity index (χ1n) is 6.07. The Morgan fingerprint density at radius 2 is 1.88 bits per heavy atom. The molecule has 2 atom stereocenters. The molecular weight excluding hydrogens is 214 g/mol. The third-order valence-electron chi connectivity index (χ3n) is 3.11. The number of hydrogen-bond acceptors (Lipinski definition) is 2. The summed E-state index contributed by atoms with van der Waals surface area (Å²) in [4.78, 5) is 0. The number of nitrogens with one attached hydrogen (secondary N) is 1. The number of rotatable bonds is 1. The highest BCUT2D eigenvalue weighted by atomic mass is 32.2. The lowest BCUT2D eigenvalue weighted by atomic mass is 10.0. The molecule has 1 aromatic carbocycles. The topological polar surface area (TPSA) is 12.0 Å². The number of thioether (sulfide) groups is 1. The van der Waals surface area contributed by atoms with Gasteiger partial charge in [0.25, 0.3) is 0 Å². The Kier molecular flexibility index (Phi) is 3.93. The normalized spacial score (nSPS) is 26.4. The number of benzene rings is 1. The van der Waals surface area contributed by atoms with Gasteiger partial charge < -0.3 is 5.32 Å². The van der Waals surface area contributed by atoms with Crippen molar-refractivity contribution in [1.29, 1.82) is 0 Å². The molecule has 1 nitrogen and oxygen atoms in total. The van der Waals surface area contributed by atoms with Crippen LogP contribution in [0.4, 0.5) is 0 Å². The van der Waals surface area contributed by atoms with E-state index in [1.165, 1.54) is 34.6 Å². The van der Waals surface area contributed by atoms with Crippen molar-refractivity contribution in [3.8, 4) is 0 Å². The summed E-state index contributed by atoms with van der Waals surface area (Å²) in [6.07, 6.45) is 1.28. The third kappa shape index (κ3) is 3.02. The van der Waals surface area contributed by atoms with Crippen LogP contribution in [0.3, 0.4) is 0 Å². The fraction of sp³-hybridized carbons (Fsp3) is 0.571. The standard InChI is InChI=1S/C14H21NS/c1-10-6-11(2)8-13(7-10)14-9-16-5-4-12(3)15-14/h6-8,12,14-15H,4-5,9H2,1-3H3. The van der Waals surface area contributed by atoms with Crippen LogP contribution < -0.4 is 5.32 Å². The van der Waals surface area contributed by atoms with Crippen molar-refractivity contribution in [2.45, 2.75) is 39.3 Å². The minimum Gasteiger partial charge on any atom is -0.307 e. The summed E-state index contributed by atoms with van der Waals surface area (Å²) in [6.45, 7) is 6.66. The van der Waals surface area contributed by atoms with E-state index in [1.807, 2.05) is 0 Å². The molecule has 1 N–H and O–H groups in total. The largest absolute Gasteiger partial charge is 0.307 e. The highest BCUT2D eigenvalue weighted by molar-refractivity contribution is 7.99. The second-order valence-electron chi connectivity index (χ2n) is 4.90. The lowest BCUT2D eigenvalue weighted by molar-refractivity contribution is 0.484. The maximum atomic E-state index is 3.73. The molecule has 2 rings (SSSR count). The summed E-state index contributed by atoms with van der Waals surface area (Å²) in [5.41, 5.74) is 4.20. The quantitative estimate of drug-likeness (QED) is 0.800. The van der Waals surface area contributed by atoms with Gasteiger partial charge in [-0.05, 0) is 38.5 Å². The number of hydrogen-bond donors (Lipinski definition) is 1. The van der Waals surface area contributed by atoms with Gasteiger partial charge in [-0.15, -0.1) is 0 Å². The van der Waals surface area contributed by atoms with E-state index in [9.17, 15) is 0 Å². The summed E-state index contributed by atoms with van der Waals surface area (Å²) < 4.78 is 0. The van der Waals surface area contributed by atoms with Crippen LogP contribution in [0.5, 0.6) is 0 Å². The van der Waals surface area contributed by atoms with Gasteiger partial charge in [-0.1, -0.05) is 29.3 Å². The Balaban J connectivity index is 2.21. The van der Waals surface area contributed by atoms with Gasteiger partial charge in [0.2, 0.25) is 0 Å². The van der Waals surface area contributed by atoms with E-state index in [0.717, 1.165) is 0 Å². The molecule has 1 fully saturated rings. The Morgan fingerprint density at radius 1 is 1.19 bits per heavy atom. The molecule has 0 radical (unpaired) electrons. The zero-order valence-corrected chi connectivity index (χ0v) is 11.2. The van der Waals surface area contributed by atoms with Crippen molar-refractivity contribution in [1.82, 2.24) is 5.32 Å². The van der Waals surface area contributed by atoms with Crippen molar-refractivity contribution in [2.24, 2.45) is 0 Å². The Morgan fingerprint density at radius 3 is 2.56 bits per heavy atom. The molecular formula is C14H21NS. The first kappa shape index (κ1) is 12.0. The van der Waals surface area contributed by atoms with Gasteiger partial charge in [-0.3, -0.25) is 0 Å². The smallest absolute Gasteiger partial charge is 0.0414 e. The zero-order valence-electron chi connectivity index (χ0n) is 10.4. The minimum atomic E-state index is 0.529. The van der Waals surface area contributed by atoms with Crippen molar-refractivity contribution in [3.63, 3.8) is 0 Å². The van der Waals surface area contributed by atoms with Crippen molar-refractivity contribution < 1.29 is 0 Å². The summed E-state index contributed by atoms with van der Waals surface area (Å²) in [6, 6.07) is 8.06. The predicted molar refractivity (Wildman–Crippen MR) is 73.2 cm³/mol. The van der Waals surface area contributed by atoms with E-state index >= 15 is 0 Å². The highest BCUT2D eigenvalue weighted by Gasteiger charge is 2.18. The fourth-order valence-electron chi connectivity index (χ4n) is 2.34. The Bertz CT molecular complexity index is 342. The molecule has 1 aromatic rings. The van der Waals surface area contributed by atoms with E-state index in [2.05, 4.69) is 56.0 Å². The molecule has 16 heavy (non-hydrogen) atoms. The van der Waals surface area contributed by atoms with Gasteiger partial charge in [0.15, 0.2) is 0 Å². The zero-order chi connectivity index (χ0) is 11.5. The first-order valence-corrected chi connectivity index (χ1v) is 7.22. The molecule has 2 heteroatoms. The lowest BCUT2D eigenvalue weighted by Crippen LogP contribution is -2.30. The average molecular weight is 235 g/mol. The van der Waals surface area contributed by atoms with Crippen LogP contribution in [0.1, 0.15) is 36.1 Å². The van der Waals surface area contributed by atoms with Crippen molar-refractivity contribution in [2.75, 3.05) is 11.5 Å². The molecule has 0 saturated carbocycles. The second-order valence-corrected chi connectivity index (χ2v) is 6.05. The fourth-order valence-corrected chi connectivity index (χ4v) is 3.55. The van der Waals surface area contributed by atoms with Crippen LogP contribution in [0.15, 0.2) is 18.2 Å². The molecule has 0 amide bonds. The van der Waals surface area contributed by atoms with Gasteiger partial charge >= 0.3 is 0 Å². The van der Waals surface area contributed by atoms with Crippen LogP contribution in [-0.4, -0.2) is 17.5 Å². The van der Waals surface area contributed by atoms with Crippen LogP contribution in [-0.2, 0) is 0 Å². The van der Waals surface area contributed by atoms with E-state index < -0.39 is 0 Å². The van der Waals surface area contributed by atoms with E-state index in [-0.39, 0.29) is 0 Å². The number of aryl methyl sites for hydroxylation is 2. The van der Waals surface area contributed by atoms with Gasteiger partial charge in [-0.2, -0.15) is 11.8 Å². The monoisotopic (exact) mass is 235 g/mol. The first-order chi connectivity index (χ1) is 7.65. The Hall–Kier alpha value is -0.470. The molecule has 0 aliphatic carbocycles. The predicted octanol–water partition coefficient (Wildman–Crippen LogP) is 3.46. The molecule has 2 unspecified atom stereocenters. The molecule has 0 aromatic heterocycles. The SMILES string of the molecule is Cc1cc(C)cc(C2CSCCC(C)N2)c1. The molecule has 0 bridgehead atoms. The van der Waals surface area contributed by atoms with Crippen LogP contribution >= 0.6 is 11.8 Å². The molecule has 1 heterocycles. The summed E-state index contributed by atoms with van der Waals surface area (Å²) in [5, 5.41) is 3.73. The van der Waals surface area contributed by atoms with Gasteiger partial charge in [0, 0.05) is 17.8 Å². The van der Waals surface area contributed by atoms with E-state index in [4.69, 9.17) is 0 Å². The van der Waals surface area contributed by atoms with Gasteiger partial charge in [-0.25, -0.2) is 0 Å².